The Balaban J connectivity index is 1.89. The topological polar surface area (TPSA) is 95.9 Å². The Labute approximate surface area is 148 Å². The highest BCUT2D eigenvalue weighted by Gasteiger charge is 2.19. The van der Waals surface area contributed by atoms with Gasteiger partial charge in [-0.3, -0.25) is 0 Å². The lowest BCUT2D eigenvalue weighted by Gasteiger charge is -2.07. The second kappa shape index (κ2) is 6.40. The van der Waals surface area contributed by atoms with Gasteiger partial charge in [0.15, 0.2) is 11.5 Å². The monoisotopic (exact) mass is 349 g/mol. The third-order valence-corrected chi connectivity index (χ3v) is 3.83. The van der Waals surface area contributed by atoms with Crippen molar-refractivity contribution >= 4 is 17.0 Å². The van der Waals surface area contributed by atoms with Crippen molar-refractivity contribution in [1.82, 2.24) is 25.1 Å². The number of hydrogen-bond acceptors (Lipinski definition) is 7. The zero-order valence-corrected chi connectivity index (χ0v) is 14.2. The molecule has 26 heavy (non-hydrogen) atoms. The highest BCUT2D eigenvalue weighted by Crippen LogP contribution is 2.26. The van der Waals surface area contributed by atoms with Gasteiger partial charge in [0.2, 0.25) is 0 Å². The third-order valence-electron chi connectivity index (χ3n) is 3.83. The van der Waals surface area contributed by atoms with Gasteiger partial charge in [0, 0.05) is 11.3 Å². The first-order valence-corrected chi connectivity index (χ1v) is 8.09. The molecule has 0 saturated carbocycles. The summed E-state index contributed by atoms with van der Waals surface area (Å²) in [5.74, 6) is 0.123. The predicted molar refractivity (Wildman–Crippen MR) is 92.9 cm³/mol. The summed E-state index contributed by atoms with van der Waals surface area (Å²) >= 11 is 0. The van der Waals surface area contributed by atoms with Crippen LogP contribution in [0.4, 0.5) is 0 Å². The van der Waals surface area contributed by atoms with E-state index in [9.17, 15) is 4.79 Å². The minimum absolute atomic E-state index is 0.212. The van der Waals surface area contributed by atoms with Crippen LogP contribution < -0.4 is 0 Å². The number of carbonyl (C=O) groups excluding carboxylic acids is 1. The Morgan fingerprint density at radius 2 is 2.00 bits per heavy atom. The van der Waals surface area contributed by atoms with Gasteiger partial charge in [0.05, 0.1) is 12.3 Å². The maximum atomic E-state index is 12.2. The minimum Gasteiger partial charge on any atom is -0.461 e. The molecular weight excluding hydrogens is 334 g/mol. The van der Waals surface area contributed by atoms with Crippen LogP contribution in [-0.4, -0.2) is 37.7 Å². The Hall–Kier alpha value is -3.55. The largest absolute Gasteiger partial charge is 0.461 e. The summed E-state index contributed by atoms with van der Waals surface area (Å²) in [5.41, 5.74) is 3.82. The van der Waals surface area contributed by atoms with Crippen molar-refractivity contribution in [3.63, 3.8) is 0 Å². The average molecular weight is 349 g/mol. The lowest BCUT2D eigenvalue weighted by Crippen LogP contribution is -2.07. The van der Waals surface area contributed by atoms with E-state index in [-0.39, 0.29) is 12.3 Å². The molecule has 8 heteroatoms. The Morgan fingerprint density at radius 1 is 1.15 bits per heavy atom. The van der Waals surface area contributed by atoms with Crippen molar-refractivity contribution in [1.29, 1.82) is 0 Å². The summed E-state index contributed by atoms with van der Waals surface area (Å²) < 4.78 is 11.4. The molecular formula is C18H15N5O3. The van der Waals surface area contributed by atoms with E-state index in [2.05, 4.69) is 20.4 Å². The fraction of sp³-hybridized carbons (Fsp3) is 0.167. The number of aryl methyl sites for hydroxylation is 1. The average Bonchev–Trinajstić information content (AvgIpc) is 3.28. The SMILES string of the molecule is CCOC(=O)c1cc(-c2ccc3nonc3c2)n(-c2cccc(C)n2)n1. The van der Waals surface area contributed by atoms with E-state index >= 15 is 0 Å². The van der Waals surface area contributed by atoms with E-state index < -0.39 is 5.97 Å². The highest BCUT2D eigenvalue weighted by atomic mass is 16.6. The van der Waals surface area contributed by atoms with Gasteiger partial charge in [-0.15, -0.1) is 0 Å². The molecule has 0 atom stereocenters. The molecule has 4 rings (SSSR count). The molecule has 0 N–H and O–H groups in total. The van der Waals surface area contributed by atoms with Crippen molar-refractivity contribution < 1.29 is 14.2 Å². The summed E-state index contributed by atoms with van der Waals surface area (Å²) in [5, 5.41) is 12.1. The zero-order valence-electron chi connectivity index (χ0n) is 14.2. The van der Waals surface area contributed by atoms with Crippen LogP contribution in [0.2, 0.25) is 0 Å². The van der Waals surface area contributed by atoms with E-state index in [0.717, 1.165) is 11.3 Å². The van der Waals surface area contributed by atoms with E-state index in [0.29, 0.717) is 22.5 Å². The molecule has 0 spiro atoms. The summed E-state index contributed by atoms with van der Waals surface area (Å²) in [6, 6.07) is 12.8. The molecule has 8 nitrogen and oxygen atoms in total. The number of esters is 1. The normalized spacial score (nSPS) is 11.0. The molecule has 0 aliphatic heterocycles. The van der Waals surface area contributed by atoms with Gasteiger partial charge in [-0.1, -0.05) is 12.1 Å². The van der Waals surface area contributed by atoms with Crippen LogP contribution in [0.5, 0.6) is 0 Å². The molecule has 0 aliphatic carbocycles. The summed E-state index contributed by atoms with van der Waals surface area (Å²) in [6.45, 7) is 3.93. The molecule has 3 heterocycles. The van der Waals surface area contributed by atoms with Crippen molar-refractivity contribution in [2.75, 3.05) is 6.61 Å². The maximum absolute atomic E-state index is 12.2. The second-order valence-corrected chi connectivity index (χ2v) is 5.65. The number of benzene rings is 1. The van der Waals surface area contributed by atoms with Gasteiger partial charge in [0.1, 0.15) is 11.0 Å². The smallest absolute Gasteiger partial charge is 0.358 e. The van der Waals surface area contributed by atoms with E-state index in [1.165, 1.54) is 0 Å². The minimum atomic E-state index is -0.482. The molecule has 0 fully saturated rings. The van der Waals surface area contributed by atoms with Crippen LogP contribution in [0.25, 0.3) is 28.1 Å². The van der Waals surface area contributed by atoms with Crippen molar-refractivity contribution in [3.8, 4) is 17.1 Å². The first-order chi connectivity index (χ1) is 12.7. The summed E-state index contributed by atoms with van der Waals surface area (Å²) in [4.78, 5) is 16.7. The first kappa shape index (κ1) is 15.9. The third kappa shape index (κ3) is 2.81. The predicted octanol–water partition coefficient (Wildman–Crippen LogP) is 2.96. The van der Waals surface area contributed by atoms with Gasteiger partial charge in [-0.25, -0.2) is 19.1 Å². The molecule has 4 aromatic rings. The van der Waals surface area contributed by atoms with E-state index in [1.54, 1.807) is 23.7 Å². The number of fused-ring (bicyclic) bond motifs is 1. The molecule has 0 bridgehead atoms. The van der Waals surface area contributed by atoms with Gasteiger partial charge < -0.3 is 4.74 Å². The maximum Gasteiger partial charge on any atom is 0.358 e. The van der Waals surface area contributed by atoms with Crippen LogP contribution >= 0.6 is 0 Å². The van der Waals surface area contributed by atoms with Crippen molar-refractivity contribution in [2.45, 2.75) is 13.8 Å². The molecule has 1 aromatic carbocycles. The fourth-order valence-corrected chi connectivity index (χ4v) is 2.65. The van der Waals surface area contributed by atoms with Crippen LogP contribution in [0, 0.1) is 6.92 Å². The molecule has 3 aromatic heterocycles. The molecule has 0 aliphatic rings. The second-order valence-electron chi connectivity index (χ2n) is 5.65. The highest BCUT2D eigenvalue weighted by molar-refractivity contribution is 5.89. The number of pyridine rings is 1. The quantitative estimate of drug-likeness (QED) is 0.523. The molecule has 130 valence electrons. The summed E-state index contributed by atoms with van der Waals surface area (Å²) in [6.07, 6.45) is 0. The van der Waals surface area contributed by atoms with Crippen molar-refractivity contribution in [3.05, 3.63) is 53.9 Å². The molecule has 0 amide bonds. The fourth-order valence-electron chi connectivity index (χ4n) is 2.65. The lowest BCUT2D eigenvalue weighted by atomic mass is 10.1. The molecule has 0 unspecified atom stereocenters. The number of nitrogens with zero attached hydrogens (tertiary/aromatic N) is 5. The number of aromatic nitrogens is 5. The van der Waals surface area contributed by atoms with E-state index in [4.69, 9.17) is 9.37 Å². The van der Waals surface area contributed by atoms with Gasteiger partial charge in [-0.2, -0.15) is 5.10 Å². The number of ether oxygens (including phenoxy) is 1. The Kier molecular flexibility index (Phi) is 3.92. The van der Waals surface area contributed by atoms with Gasteiger partial charge >= 0.3 is 5.97 Å². The Bertz CT molecular complexity index is 1100. The van der Waals surface area contributed by atoms with E-state index in [1.807, 2.05) is 37.3 Å². The van der Waals surface area contributed by atoms with Gasteiger partial charge in [-0.05, 0) is 54.5 Å². The van der Waals surface area contributed by atoms with Crippen LogP contribution in [-0.2, 0) is 4.74 Å². The lowest BCUT2D eigenvalue weighted by molar-refractivity contribution is 0.0519. The molecule has 0 saturated heterocycles. The first-order valence-electron chi connectivity index (χ1n) is 8.09. The van der Waals surface area contributed by atoms with Crippen LogP contribution in [0.15, 0.2) is 47.1 Å². The number of hydrogen-bond donors (Lipinski definition) is 0. The number of carbonyl (C=O) groups is 1. The van der Waals surface area contributed by atoms with Gasteiger partial charge in [0.25, 0.3) is 0 Å². The summed E-state index contributed by atoms with van der Waals surface area (Å²) in [7, 11) is 0. The number of rotatable bonds is 4. The standard InChI is InChI=1S/C18H15N5O3/c1-3-25-18(24)15-10-16(12-7-8-13-14(9-12)22-26-21-13)23(20-15)17-6-4-5-11(2)19-17/h4-10H,3H2,1-2H3. The van der Waals surface area contributed by atoms with Crippen LogP contribution in [0.3, 0.4) is 0 Å². The zero-order chi connectivity index (χ0) is 18.1. The Morgan fingerprint density at radius 3 is 2.81 bits per heavy atom. The molecule has 0 radical (unpaired) electrons. The van der Waals surface area contributed by atoms with Crippen LogP contribution in [0.1, 0.15) is 23.1 Å². The van der Waals surface area contributed by atoms with Crippen molar-refractivity contribution in [2.24, 2.45) is 0 Å².